The highest BCUT2D eigenvalue weighted by molar-refractivity contribution is 7.98. The third kappa shape index (κ3) is 7.68. The van der Waals surface area contributed by atoms with E-state index in [1.165, 1.54) is 0 Å². The molecule has 0 amide bonds. The molecule has 0 aliphatic heterocycles. The highest BCUT2D eigenvalue weighted by Crippen LogP contribution is 1.94. The molecule has 3 nitrogen and oxygen atoms in total. The van der Waals surface area contributed by atoms with Crippen LogP contribution in [0, 0.1) is 0 Å². The van der Waals surface area contributed by atoms with Gasteiger partial charge in [0.25, 0.3) is 0 Å². The van der Waals surface area contributed by atoms with Crippen LogP contribution in [0.25, 0.3) is 0 Å². The first kappa shape index (κ1) is 10.8. The van der Waals surface area contributed by atoms with Crippen molar-refractivity contribution in [3.05, 3.63) is 0 Å². The lowest BCUT2D eigenvalue weighted by atomic mass is 10.3. The molecule has 0 saturated carbocycles. The van der Waals surface area contributed by atoms with Crippen LogP contribution < -0.4 is 5.73 Å². The largest absolute Gasteiger partial charge is 0.465 e. The number of ether oxygens (including phenoxy) is 1. The fourth-order valence-electron chi connectivity index (χ4n) is 0.580. The SMILES string of the molecule is CSCCOC(=O)CCC[NH3+]. The highest BCUT2D eigenvalue weighted by atomic mass is 32.2. The van der Waals surface area contributed by atoms with Crippen LogP contribution in [0.3, 0.4) is 0 Å². The Bertz CT molecular complexity index is 109. The molecule has 0 heterocycles. The van der Waals surface area contributed by atoms with E-state index in [4.69, 9.17) is 4.74 Å². The van der Waals surface area contributed by atoms with Gasteiger partial charge in [0.15, 0.2) is 0 Å². The summed E-state index contributed by atoms with van der Waals surface area (Å²) in [6.07, 6.45) is 3.33. The molecule has 0 aromatic rings. The second-order valence-corrected chi connectivity index (χ2v) is 3.16. The van der Waals surface area contributed by atoms with Gasteiger partial charge in [0.1, 0.15) is 6.61 Å². The van der Waals surface area contributed by atoms with E-state index < -0.39 is 0 Å². The standard InChI is InChI=1S/C7H15NO2S/c1-11-6-5-10-7(9)3-2-4-8/h2-6,8H2,1H3/p+1. The molecule has 0 spiro atoms. The molecule has 0 radical (unpaired) electrons. The topological polar surface area (TPSA) is 53.9 Å². The van der Waals surface area contributed by atoms with Crippen molar-refractivity contribution >= 4 is 17.7 Å². The molecule has 0 rings (SSSR count). The van der Waals surface area contributed by atoms with E-state index >= 15 is 0 Å². The Kier molecular flexibility index (Phi) is 7.72. The number of rotatable bonds is 6. The van der Waals surface area contributed by atoms with Gasteiger partial charge in [-0.15, -0.1) is 0 Å². The van der Waals surface area contributed by atoms with E-state index in [0.717, 1.165) is 18.7 Å². The molecule has 0 aliphatic rings. The maximum atomic E-state index is 10.8. The van der Waals surface area contributed by atoms with Crippen LogP contribution in [0.1, 0.15) is 12.8 Å². The minimum absolute atomic E-state index is 0.0947. The number of quaternary nitrogens is 1. The van der Waals surface area contributed by atoms with Gasteiger partial charge in [-0.05, 0) is 6.26 Å². The van der Waals surface area contributed by atoms with Crippen molar-refractivity contribution in [3.8, 4) is 0 Å². The first-order chi connectivity index (χ1) is 5.31. The van der Waals surface area contributed by atoms with E-state index in [0.29, 0.717) is 13.0 Å². The molecule has 11 heavy (non-hydrogen) atoms. The van der Waals surface area contributed by atoms with Crippen molar-refractivity contribution in [2.24, 2.45) is 0 Å². The van der Waals surface area contributed by atoms with Crippen molar-refractivity contribution in [1.82, 2.24) is 0 Å². The van der Waals surface area contributed by atoms with Crippen LogP contribution >= 0.6 is 11.8 Å². The molecular formula is C7H16NO2S+. The van der Waals surface area contributed by atoms with Crippen molar-refractivity contribution in [2.45, 2.75) is 12.8 Å². The van der Waals surface area contributed by atoms with Gasteiger partial charge < -0.3 is 10.5 Å². The smallest absolute Gasteiger partial charge is 0.306 e. The van der Waals surface area contributed by atoms with Gasteiger partial charge in [0.2, 0.25) is 0 Å². The normalized spacial score (nSPS) is 9.64. The summed E-state index contributed by atoms with van der Waals surface area (Å²) in [5.74, 6) is 0.790. The maximum Gasteiger partial charge on any atom is 0.306 e. The molecule has 0 aromatic heterocycles. The Balaban J connectivity index is 3.09. The Hall–Kier alpha value is -0.220. The molecule has 0 saturated heterocycles. The van der Waals surface area contributed by atoms with Crippen LogP contribution in [0.4, 0.5) is 0 Å². The van der Waals surface area contributed by atoms with Crippen molar-refractivity contribution in [1.29, 1.82) is 0 Å². The minimum Gasteiger partial charge on any atom is -0.465 e. The van der Waals surface area contributed by atoms with Gasteiger partial charge in [-0.1, -0.05) is 0 Å². The maximum absolute atomic E-state index is 10.8. The number of carbonyl (C=O) groups is 1. The summed E-state index contributed by atoms with van der Waals surface area (Å²) in [7, 11) is 0. The minimum atomic E-state index is -0.0947. The molecule has 0 aliphatic carbocycles. The van der Waals surface area contributed by atoms with E-state index in [2.05, 4.69) is 5.73 Å². The molecule has 0 fully saturated rings. The predicted octanol–water partition coefficient (Wildman–Crippen LogP) is -0.0853. The number of thioether (sulfide) groups is 1. The molecule has 4 heteroatoms. The summed E-state index contributed by atoms with van der Waals surface area (Å²) in [6, 6.07) is 0. The number of hydrogen-bond donors (Lipinski definition) is 1. The Morgan fingerprint density at radius 2 is 2.36 bits per heavy atom. The summed E-state index contributed by atoms with van der Waals surface area (Å²) in [4.78, 5) is 10.8. The van der Waals surface area contributed by atoms with E-state index in [-0.39, 0.29) is 5.97 Å². The van der Waals surface area contributed by atoms with Crippen LogP contribution in [-0.2, 0) is 9.53 Å². The molecule has 0 atom stereocenters. The quantitative estimate of drug-likeness (QED) is 0.457. The lowest BCUT2D eigenvalue weighted by molar-refractivity contribution is -0.368. The van der Waals surface area contributed by atoms with Crippen LogP contribution in [-0.4, -0.2) is 31.1 Å². The van der Waals surface area contributed by atoms with Gasteiger partial charge >= 0.3 is 5.97 Å². The lowest BCUT2D eigenvalue weighted by Gasteiger charge is -2.01. The van der Waals surface area contributed by atoms with Crippen LogP contribution in [0.15, 0.2) is 0 Å². The van der Waals surface area contributed by atoms with Crippen molar-refractivity contribution in [3.63, 3.8) is 0 Å². The number of esters is 1. The van der Waals surface area contributed by atoms with E-state index in [1.54, 1.807) is 11.8 Å². The third-order valence-electron chi connectivity index (χ3n) is 1.18. The van der Waals surface area contributed by atoms with Crippen molar-refractivity contribution in [2.75, 3.05) is 25.2 Å². The molecular weight excluding hydrogens is 162 g/mol. The zero-order chi connectivity index (χ0) is 8.53. The molecule has 66 valence electrons. The van der Waals surface area contributed by atoms with Crippen molar-refractivity contribution < 1.29 is 15.3 Å². The average Bonchev–Trinajstić information content (AvgIpc) is 2.01. The molecule has 0 bridgehead atoms. The average molecular weight is 178 g/mol. The second kappa shape index (κ2) is 7.88. The number of hydrogen-bond acceptors (Lipinski definition) is 3. The van der Waals surface area contributed by atoms with E-state index in [1.807, 2.05) is 6.26 Å². The van der Waals surface area contributed by atoms with Crippen LogP contribution in [0.2, 0.25) is 0 Å². The van der Waals surface area contributed by atoms with Gasteiger partial charge in [-0.3, -0.25) is 4.79 Å². The summed E-state index contributed by atoms with van der Waals surface area (Å²) in [5.41, 5.74) is 3.64. The first-order valence-corrected chi connectivity index (χ1v) is 5.14. The summed E-state index contributed by atoms with van der Waals surface area (Å²) in [5, 5.41) is 0. The highest BCUT2D eigenvalue weighted by Gasteiger charge is 2.00. The molecule has 3 N–H and O–H groups in total. The van der Waals surface area contributed by atoms with Gasteiger partial charge in [0, 0.05) is 12.2 Å². The van der Waals surface area contributed by atoms with E-state index in [9.17, 15) is 4.79 Å². The van der Waals surface area contributed by atoms with Crippen LogP contribution in [0.5, 0.6) is 0 Å². The lowest BCUT2D eigenvalue weighted by Crippen LogP contribution is -2.50. The Morgan fingerprint density at radius 3 is 2.91 bits per heavy atom. The van der Waals surface area contributed by atoms with Gasteiger partial charge in [0.05, 0.1) is 13.0 Å². The number of carbonyl (C=O) groups excluding carboxylic acids is 1. The molecule has 0 aromatic carbocycles. The fraction of sp³-hybridized carbons (Fsp3) is 0.857. The summed E-state index contributed by atoms with van der Waals surface area (Å²) in [6.45, 7) is 1.34. The Morgan fingerprint density at radius 1 is 1.64 bits per heavy atom. The summed E-state index contributed by atoms with van der Waals surface area (Å²) >= 11 is 1.68. The predicted molar refractivity (Wildman–Crippen MR) is 46.3 cm³/mol. The monoisotopic (exact) mass is 178 g/mol. The second-order valence-electron chi connectivity index (χ2n) is 2.17. The van der Waals surface area contributed by atoms with Gasteiger partial charge in [-0.2, -0.15) is 11.8 Å². The first-order valence-electron chi connectivity index (χ1n) is 3.75. The zero-order valence-corrected chi connectivity index (χ0v) is 7.78. The summed E-state index contributed by atoms with van der Waals surface area (Å²) < 4.78 is 4.90. The third-order valence-corrected chi connectivity index (χ3v) is 1.76. The molecule has 0 unspecified atom stereocenters. The zero-order valence-electron chi connectivity index (χ0n) is 6.97. The Labute approximate surface area is 71.7 Å². The van der Waals surface area contributed by atoms with Gasteiger partial charge in [-0.25, -0.2) is 0 Å². The fourth-order valence-corrected chi connectivity index (χ4v) is 0.830.